The topological polar surface area (TPSA) is 77.9 Å². The highest BCUT2D eigenvalue weighted by Crippen LogP contribution is 2.45. The molecule has 2 atom stereocenters. The summed E-state index contributed by atoms with van der Waals surface area (Å²) in [5.74, 6) is -1.01. The van der Waals surface area contributed by atoms with Crippen LogP contribution in [0, 0.1) is 6.92 Å². The first-order valence-corrected chi connectivity index (χ1v) is 13.7. The molecule has 0 bridgehead atoms. The molecule has 2 N–H and O–H groups in total. The van der Waals surface area contributed by atoms with Crippen molar-refractivity contribution in [3.8, 4) is 11.1 Å². The van der Waals surface area contributed by atoms with Crippen LogP contribution in [0.2, 0.25) is 5.02 Å². The lowest BCUT2D eigenvalue weighted by Gasteiger charge is -2.29. The molecule has 0 spiro atoms. The molecular weight excluding hydrogens is 508 g/mol. The van der Waals surface area contributed by atoms with Crippen LogP contribution < -0.4 is 10.3 Å². The monoisotopic (exact) mass is 540 g/mol. The van der Waals surface area contributed by atoms with Crippen LogP contribution in [0.1, 0.15) is 51.3 Å². The third-order valence-corrected chi connectivity index (χ3v) is 8.34. The first-order chi connectivity index (χ1) is 17.4. The highest BCUT2D eigenvalue weighted by atomic mass is 35.5. The average molecular weight is 541 g/mol. The molecule has 2 aromatic carbocycles. The molecule has 0 radical (unpaired) electrons. The van der Waals surface area contributed by atoms with Crippen LogP contribution in [-0.2, 0) is 9.53 Å². The number of hydrazine groups is 1. The van der Waals surface area contributed by atoms with Gasteiger partial charge < -0.3 is 19.8 Å². The maximum atomic E-state index is 12.5. The summed E-state index contributed by atoms with van der Waals surface area (Å²) in [6.07, 6.45) is -0.169. The van der Waals surface area contributed by atoms with Gasteiger partial charge in [-0.25, -0.2) is 15.2 Å². The summed E-state index contributed by atoms with van der Waals surface area (Å²) in [4.78, 5) is 19.9. The van der Waals surface area contributed by atoms with Crippen LogP contribution in [-0.4, -0.2) is 52.8 Å². The van der Waals surface area contributed by atoms with Gasteiger partial charge in [0.05, 0.1) is 15.8 Å². The second-order valence-corrected chi connectivity index (χ2v) is 12.2. The van der Waals surface area contributed by atoms with E-state index in [1.807, 2.05) is 58.0 Å². The summed E-state index contributed by atoms with van der Waals surface area (Å²) >= 11 is 7.82. The van der Waals surface area contributed by atoms with Gasteiger partial charge in [-0.15, -0.1) is 0 Å². The van der Waals surface area contributed by atoms with Crippen molar-refractivity contribution in [3.63, 3.8) is 0 Å². The first kappa shape index (κ1) is 26.0. The highest BCUT2D eigenvalue weighted by Gasteiger charge is 2.34. The molecule has 196 valence electrons. The van der Waals surface area contributed by atoms with Crippen LogP contribution in [0.15, 0.2) is 41.6 Å². The normalized spacial score (nSPS) is 19.1. The lowest BCUT2D eigenvalue weighted by Crippen LogP contribution is -2.33. The molecule has 9 heteroatoms. The van der Waals surface area contributed by atoms with Gasteiger partial charge in [0.25, 0.3) is 0 Å². The number of hydrogen-bond donors (Lipinski definition) is 2. The molecule has 1 aromatic heterocycles. The van der Waals surface area contributed by atoms with Gasteiger partial charge in [0, 0.05) is 54.4 Å². The van der Waals surface area contributed by atoms with Gasteiger partial charge >= 0.3 is 5.97 Å². The third kappa shape index (κ3) is 4.95. The number of nitrogens with one attached hydrogen (secondary N) is 1. The van der Waals surface area contributed by atoms with E-state index in [4.69, 9.17) is 21.3 Å². The summed E-state index contributed by atoms with van der Waals surface area (Å²) in [5, 5.41) is 14.0. The van der Waals surface area contributed by atoms with Crippen molar-refractivity contribution >= 4 is 44.3 Å². The van der Waals surface area contributed by atoms with E-state index in [1.54, 1.807) is 11.3 Å². The highest BCUT2D eigenvalue weighted by molar-refractivity contribution is 7.22. The van der Waals surface area contributed by atoms with E-state index in [2.05, 4.69) is 29.3 Å². The Bertz CT molecular complexity index is 1390. The van der Waals surface area contributed by atoms with E-state index in [-0.39, 0.29) is 0 Å². The van der Waals surface area contributed by atoms with Crippen LogP contribution in [0.3, 0.4) is 0 Å². The summed E-state index contributed by atoms with van der Waals surface area (Å²) in [5.41, 5.74) is 9.71. The number of ether oxygens (including phenoxy) is 1. The van der Waals surface area contributed by atoms with E-state index < -0.39 is 17.7 Å². The summed E-state index contributed by atoms with van der Waals surface area (Å²) in [6.45, 7) is 11.5. The van der Waals surface area contributed by atoms with Gasteiger partial charge in [-0.2, -0.15) is 0 Å². The fourth-order valence-corrected chi connectivity index (χ4v) is 6.60. The predicted octanol–water partition coefficient (Wildman–Crippen LogP) is 6.17. The Kier molecular flexibility index (Phi) is 6.73. The zero-order chi connectivity index (χ0) is 26.6. The first-order valence-electron chi connectivity index (χ1n) is 12.5. The number of fused-ring (bicyclic) bond motifs is 1. The minimum absolute atomic E-state index is 0.293. The molecule has 5 rings (SSSR count). The zero-order valence-electron chi connectivity index (χ0n) is 22.1. The number of anilines is 1. The predicted molar refractivity (Wildman–Crippen MR) is 150 cm³/mol. The molecule has 3 aromatic rings. The largest absolute Gasteiger partial charge is 0.479 e. The van der Waals surface area contributed by atoms with Crippen LogP contribution in [0.25, 0.3) is 21.3 Å². The average Bonchev–Trinajstić information content (AvgIpc) is 3.37. The Balaban J connectivity index is 1.67. The van der Waals surface area contributed by atoms with Gasteiger partial charge in [-0.1, -0.05) is 35.1 Å². The molecule has 7 nitrogen and oxygen atoms in total. The second kappa shape index (κ2) is 9.58. The van der Waals surface area contributed by atoms with Crippen molar-refractivity contribution < 1.29 is 14.6 Å². The number of carboxylic acids is 1. The van der Waals surface area contributed by atoms with Gasteiger partial charge in [0.15, 0.2) is 11.2 Å². The number of benzene rings is 2. The molecule has 0 fully saturated rings. The Labute approximate surface area is 226 Å². The summed E-state index contributed by atoms with van der Waals surface area (Å²) in [7, 11) is 2.08. The van der Waals surface area contributed by atoms with Crippen molar-refractivity contribution in [3.05, 3.63) is 57.8 Å². The van der Waals surface area contributed by atoms with E-state index in [0.717, 1.165) is 51.5 Å². The number of hydrogen-bond acceptors (Lipinski definition) is 7. The number of carboxylic acid groups (broad SMARTS) is 1. The van der Waals surface area contributed by atoms with Crippen molar-refractivity contribution in [2.24, 2.45) is 0 Å². The van der Waals surface area contributed by atoms with Crippen molar-refractivity contribution in [1.82, 2.24) is 15.4 Å². The number of aliphatic carboxylic acids is 1. The van der Waals surface area contributed by atoms with Gasteiger partial charge in [-0.05, 0) is 69.5 Å². The van der Waals surface area contributed by atoms with Crippen LogP contribution in [0.4, 0.5) is 5.13 Å². The third-order valence-electron chi connectivity index (χ3n) is 6.94. The molecule has 0 saturated heterocycles. The lowest BCUT2D eigenvalue weighted by atomic mass is 9.91. The second-order valence-electron chi connectivity index (χ2n) is 10.8. The Morgan fingerprint density at radius 2 is 2.00 bits per heavy atom. The van der Waals surface area contributed by atoms with Gasteiger partial charge in [0.1, 0.15) is 0 Å². The molecule has 0 saturated carbocycles. The van der Waals surface area contributed by atoms with E-state index in [1.165, 1.54) is 11.3 Å². The molecule has 0 aliphatic carbocycles. The van der Waals surface area contributed by atoms with Crippen molar-refractivity contribution in [2.75, 3.05) is 25.0 Å². The quantitative estimate of drug-likeness (QED) is 0.400. The van der Waals surface area contributed by atoms with Crippen LogP contribution in [0.5, 0.6) is 0 Å². The molecule has 2 aliphatic heterocycles. The maximum Gasteiger partial charge on any atom is 0.337 e. The van der Waals surface area contributed by atoms with Gasteiger partial charge in [0.2, 0.25) is 0 Å². The smallest absolute Gasteiger partial charge is 0.337 e. The van der Waals surface area contributed by atoms with Gasteiger partial charge in [-0.3, -0.25) is 0 Å². The van der Waals surface area contributed by atoms with E-state index in [0.29, 0.717) is 16.6 Å². The zero-order valence-corrected chi connectivity index (χ0v) is 23.6. The SMILES string of the molecule is Cc1cc2nc(N3CCC4=C(C3)C(C)NN4C)sc2c(-c2ccc(Cl)cc2)c1[C@H](OC(C)(C)C)C(=O)O. The van der Waals surface area contributed by atoms with E-state index in [9.17, 15) is 9.90 Å². The molecule has 3 heterocycles. The summed E-state index contributed by atoms with van der Waals surface area (Å²) < 4.78 is 7.08. The number of halogens is 1. The lowest BCUT2D eigenvalue weighted by molar-refractivity contribution is -0.160. The molecule has 37 heavy (non-hydrogen) atoms. The Hall–Kier alpha value is -2.65. The molecule has 2 aliphatic rings. The minimum atomic E-state index is -1.12. The van der Waals surface area contributed by atoms with Crippen LogP contribution >= 0.6 is 22.9 Å². The Morgan fingerprint density at radius 3 is 2.65 bits per heavy atom. The van der Waals surface area contributed by atoms with Crippen molar-refractivity contribution in [1.29, 1.82) is 0 Å². The number of thiazole rings is 1. The number of nitrogens with zero attached hydrogens (tertiary/aromatic N) is 3. The molecule has 1 unspecified atom stereocenters. The molecule has 0 amide bonds. The number of aromatic nitrogens is 1. The fourth-order valence-electron chi connectivity index (χ4n) is 5.32. The minimum Gasteiger partial charge on any atom is -0.479 e. The number of aryl methyl sites for hydroxylation is 1. The maximum absolute atomic E-state index is 12.5. The fraction of sp³-hybridized carbons (Fsp3) is 0.429. The Morgan fingerprint density at radius 1 is 1.30 bits per heavy atom. The van der Waals surface area contributed by atoms with E-state index >= 15 is 0 Å². The van der Waals surface area contributed by atoms with Crippen molar-refractivity contribution in [2.45, 2.75) is 58.8 Å². The number of carbonyl (C=O) groups is 1. The standard InChI is InChI=1S/C28H33ClN4O3S/c1-15-13-20-25(37-27(30-20)33-12-11-21-19(14-33)16(2)31-32(21)6)23(17-7-9-18(29)10-8-17)22(15)24(26(34)35)36-28(3,4)5/h7-10,13,16,24,31H,11-12,14H2,1-6H3,(H,34,35)/t16?,24-/m0/s1. The number of rotatable bonds is 5. The summed E-state index contributed by atoms with van der Waals surface area (Å²) in [6, 6.07) is 9.83. The molecular formula is C28H33ClN4O3S.